The van der Waals surface area contributed by atoms with Gasteiger partial charge in [0.05, 0.1) is 12.2 Å². The second-order valence-corrected chi connectivity index (χ2v) is 22.9. The molecule has 7 aliphatic rings. The largest absolute Gasteiger partial charge is 0.481 e. The molecule has 57 heavy (non-hydrogen) atoms. The number of nitrogens with one attached hydrogen (secondary N) is 1. The third-order valence-corrected chi connectivity index (χ3v) is 20.2. The first-order valence-corrected chi connectivity index (χ1v) is 25.0. The summed E-state index contributed by atoms with van der Waals surface area (Å²) in [7, 11) is 0. The molecule has 7 rings (SSSR count). The molecule has 17 atom stereocenters. The van der Waals surface area contributed by atoms with Crippen molar-refractivity contribution in [3.05, 3.63) is 0 Å². The van der Waals surface area contributed by atoms with Gasteiger partial charge in [-0.05, 0) is 196 Å². The van der Waals surface area contributed by atoms with Gasteiger partial charge in [0, 0.05) is 26.0 Å². The van der Waals surface area contributed by atoms with Crippen LogP contribution in [0.15, 0.2) is 0 Å². The van der Waals surface area contributed by atoms with Gasteiger partial charge >= 0.3 is 5.97 Å². The number of carbonyl (C=O) groups is 2. The van der Waals surface area contributed by atoms with Gasteiger partial charge in [0.25, 0.3) is 0 Å². The average Bonchev–Trinajstić information content (AvgIpc) is 3.73. The minimum atomic E-state index is -0.646. The molecule has 0 aromatic heterocycles. The summed E-state index contributed by atoms with van der Waals surface area (Å²) in [5, 5.41) is 24.5. The lowest BCUT2D eigenvalue weighted by atomic mass is 9.44. The molecule has 0 saturated heterocycles. The van der Waals surface area contributed by atoms with Gasteiger partial charge in [-0.25, -0.2) is 0 Å². The van der Waals surface area contributed by atoms with Crippen molar-refractivity contribution in [2.75, 3.05) is 13.2 Å². The average molecular weight is 794 g/mol. The maximum absolute atomic E-state index is 13.1. The van der Waals surface area contributed by atoms with Gasteiger partial charge in [-0.15, -0.1) is 0 Å². The molecule has 0 radical (unpaired) electrons. The highest BCUT2D eigenvalue weighted by molar-refractivity contribution is 5.75. The first-order chi connectivity index (χ1) is 27.3. The Morgan fingerprint density at radius 2 is 1.46 bits per heavy atom. The topological polar surface area (TPSA) is 95.9 Å². The summed E-state index contributed by atoms with van der Waals surface area (Å²) in [6.45, 7) is 16.2. The number of fused-ring (bicyclic) bond motifs is 8. The van der Waals surface area contributed by atoms with E-state index in [2.05, 4.69) is 46.9 Å². The fourth-order valence-corrected chi connectivity index (χ4v) is 17.0. The molecular weight excluding hydrogens is 707 g/mol. The second-order valence-electron chi connectivity index (χ2n) is 22.9. The van der Waals surface area contributed by atoms with Crippen LogP contribution in [0.4, 0.5) is 0 Å². The van der Waals surface area contributed by atoms with Crippen LogP contribution in [0.5, 0.6) is 0 Å². The van der Waals surface area contributed by atoms with E-state index in [0.29, 0.717) is 77.7 Å². The predicted molar refractivity (Wildman–Crippen MR) is 230 cm³/mol. The normalized spacial score (nSPS) is 45.7. The lowest BCUT2D eigenvalue weighted by molar-refractivity contribution is -0.168. The van der Waals surface area contributed by atoms with E-state index in [9.17, 15) is 19.8 Å². The zero-order valence-corrected chi connectivity index (χ0v) is 37.6. The molecule has 0 aliphatic heterocycles. The standard InChI is InChI=1S/C51H87NO5/c1-33-14-18-39-36(26-28-50(5)41(20-22-43(39)50)34(2)16-25-48(55)56)11-9-13-38(31-33)57-30-10-29-52-47(54)24-15-35(3)42-21-23-44-40-19-17-37-12-7-8-27-49(37,4)45(40)32-46(53)51(42,44)6/h33-46,53H,7-32H2,1-6H3,(H,52,54)(H,55,56)/t33-,34?,35?,36?,37+,38+,39-,40+,41?,42?,43+,44+,45?,46+,49+,50-,51-/m1/s1. The summed E-state index contributed by atoms with van der Waals surface area (Å²) in [5.74, 6) is 7.86. The summed E-state index contributed by atoms with van der Waals surface area (Å²) in [4.78, 5) is 24.4. The van der Waals surface area contributed by atoms with Gasteiger partial charge in [0.2, 0.25) is 5.91 Å². The van der Waals surface area contributed by atoms with E-state index < -0.39 is 5.97 Å². The monoisotopic (exact) mass is 794 g/mol. The van der Waals surface area contributed by atoms with Gasteiger partial charge in [0.1, 0.15) is 0 Å². The SMILES string of the molecule is CC(CCC(=O)NCCCO[C@H]1CCCC2CC[C@]3(C)C(C(C)CCC(=O)O)CC[C@H]3[C@@H]2CC[C@@H](C)C1)C1CC[C@H]2[C@@H]3CC[C@@H]4CCCC[C@]4(C)C3C[C@H](O)[C@]12C. The van der Waals surface area contributed by atoms with E-state index in [1.54, 1.807) is 0 Å². The molecule has 0 bridgehead atoms. The number of carboxylic acids is 1. The van der Waals surface area contributed by atoms with Gasteiger partial charge in [-0.2, -0.15) is 0 Å². The van der Waals surface area contributed by atoms with Crippen LogP contribution in [0.3, 0.4) is 0 Å². The Kier molecular flexibility index (Phi) is 14.2. The Morgan fingerprint density at radius 1 is 0.719 bits per heavy atom. The molecule has 6 unspecified atom stereocenters. The number of carboxylic acid groups (broad SMARTS) is 1. The smallest absolute Gasteiger partial charge is 0.303 e. The molecule has 7 saturated carbocycles. The highest BCUT2D eigenvalue weighted by atomic mass is 16.5. The number of ether oxygens (including phenoxy) is 1. The van der Waals surface area contributed by atoms with E-state index in [4.69, 9.17) is 4.74 Å². The third-order valence-electron chi connectivity index (χ3n) is 20.2. The van der Waals surface area contributed by atoms with Crippen molar-refractivity contribution in [1.82, 2.24) is 5.32 Å². The zero-order valence-electron chi connectivity index (χ0n) is 37.6. The van der Waals surface area contributed by atoms with Crippen LogP contribution in [-0.2, 0) is 14.3 Å². The molecule has 7 aliphatic carbocycles. The maximum Gasteiger partial charge on any atom is 0.303 e. The van der Waals surface area contributed by atoms with Crippen LogP contribution < -0.4 is 5.32 Å². The van der Waals surface area contributed by atoms with E-state index in [1.807, 2.05) is 0 Å². The van der Waals surface area contributed by atoms with Crippen molar-refractivity contribution in [2.24, 2.45) is 87.3 Å². The zero-order chi connectivity index (χ0) is 40.5. The molecule has 0 heterocycles. The Morgan fingerprint density at radius 3 is 2.26 bits per heavy atom. The quantitative estimate of drug-likeness (QED) is 0.161. The van der Waals surface area contributed by atoms with Crippen molar-refractivity contribution < 1.29 is 24.5 Å². The van der Waals surface area contributed by atoms with Gasteiger partial charge in [-0.1, -0.05) is 73.6 Å². The lowest BCUT2D eigenvalue weighted by Crippen LogP contribution is -2.58. The number of aliphatic hydroxyl groups excluding tert-OH is 1. The fraction of sp³-hybridized carbons (Fsp3) is 0.961. The van der Waals surface area contributed by atoms with E-state index >= 15 is 0 Å². The van der Waals surface area contributed by atoms with E-state index in [-0.39, 0.29) is 17.4 Å². The Balaban J connectivity index is 0.810. The number of amides is 1. The molecule has 0 aromatic carbocycles. The molecular formula is C51H87NO5. The third kappa shape index (κ3) is 8.95. The molecule has 6 nitrogen and oxygen atoms in total. The number of hydrogen-bond donors (Lipinski definition) is 3. The van der Waals surface area contributed by atoms with Crippen LogP contribution >= 0.6 is 0 Å². The molecule has 3 N–H and O–H groups in total. The summed E-state index contributed by atoms with van der Waals surface area (Å²) in [6.07, 6.45) is 28.4. The van der Waals surface area contributed by atoms with Crippen molar-refractivity contribution in [3.63, 3.8) is 0 Å². The summed E-state index contributed by atoms with van der Waals surface area (Å²) < 4.78 is 6.56. The molecule has 0 aromatic rings. The number of carbonyl (C=O) groups excluding carboxylic acids is 1. The first kappa shape index (κ1) is 43.9. The van der Waals surface area contributed by atoms with Crippen molar-refractivity contribution in [2.45, 2.75) is 208 Å². The number of hydrogen-bond acceptors (Lipinski definition) is 4. The predicted octanol–water partition coefficient (Wildman–Crippen LogP) is 11.9. The number of aliphatic hydroxyl groups is 1. The Hall–Kier alpha value is -1.14. The van der Waals surface area contributed by atoms with E-state index in [1.165, 1.54) is 103 Å². The fourth-order valence-electron chi connectivity index (χ4n) is 17.0. The lowest BCUT2D eigenvalue weighted by Gasteiger charge is -2.62. The van der Waals surface area contributed by atoms with Gasteiger partial charge in [-0.3, -0.25) is 9.59 Å². The summed E-state index contributed by atoms with van der Waals surface area (Å²) in [5.41, 5.74) is 0.833. The maximum atomic E-state index is 13.1. The molecule has 0 spiro atoms. The van der Waals surface area contributed by atoms with Crippen LogP contribution in [0.25, 0.3) is 0 Å². The van der Waals surface area contributed by atoms with Gasteiger partial charge < -0.3 is 20.3 Å². The Bertz CT molecular complexity index is 1350. The van der Waals surface area contributed by atoms with Crippen molar-refractivity contribution >= 4 is 11.9 Å². The van der Waals surface area contributed by atoms with Crippen molar-refractivity contribution in [1.29, 1.82) is 0 Å². The van der Waals surface area contributed by atoms with Crippen LogP contribution in [-0.4, -0.2) is 47.4 Å². The second kappa shape index (κ2) is 18.5. The Labute approximate surface area is 349 Å². The minimum Gasteiger partial charge on any atom is -0.481 e. The van der Waals surface area contributed by atoms with Crippen LogP contribution in [0.2, 0.25) is 0 Å². The van der Waals surface area contributed by atoms with E-state index in [0.717, 1.165) is 74.7 Å². The molecule has 7 fully saturated rings. The summed E-state index contributed by atoms with van der Waals surface area (Å²) >= 11 is 0. The van der Waals surface area contributed by atoms with Crippen LogP contribution in [0, 0.1) is 87.3 Å². The minimum absolute atomic E-state index is 0.00239. The molecule has 6 heteroatoms. The number of rotatable bonds is 13. The highest BCUT2D eigenvalue weighted by Gasteiger charge is 2.63. The van der Waals surface area contributed by atoms with Crippen LogP contribution in [0.1, 0.15) is 196 Å². The molecule has 326 valence electrons. The summed E-state index contributed by atoms with van der Waals surface area (Å²) in [6, 6.07) is 0. The molecule has 1 amide bonds. The highest BCUT2D eigenvalue weighted by Crippen LogP contribution is 2.68. The van der Waals surface area contributed by atoms with Crippen molar-refractivity contribution in [3.8, 4) is 0 Å². The first-order valence-electron chi connectivity index (χ1n) is 25.0. The van der Waals surface area contributed by atoms with Gasteiger partial charge in [0.15, 0.2) is 0 Å². The number of aliphatic carboxylic acids is 1.